The first-order valence-electron chi connectivity index (χ1n) is 10.6. The first-order chi connectivity index (χ1) is 15.8. The number of thioether (sulfide) groups is 1. The summed E-state index contributed by atoms with van der Waals surface area (Å²) in [5.74, 6) is -0.0731. The van der Waals surface area contributed by atoms with Gasteiger partial charge in [-0.15, -0.1) is 0 Å². The number of carbonyl (C=O) groups is 2. The lowest BCUT2D eigenvalue weighted by Crippen LogP contribution is -2.26. The quantitative estimate of drug-likeness (QED) is 0.286. The smallest absolute Gasteiger partial charge is 0.262 e. The first kappa shape index (κ1) is 23.5. The van der Waals surface area contributed by atoms with Crippen LogP contribution in [0.1, 0.15) is 29.8 Å². The second-order valence-corrected chi connectivity index (χ2v) is 9.64. The SMILES string of the molecule is COCCn1c(SC(C)C(=O)c2ccc3c(c2)CCN3C(C)=O)nc2cc(Cl)ccc2c1=O. The van der Waals surface area contributed by atoms with Gasteiger partial charge in [0, 0.05) is 36.9 Å². The van der Waals surface area contributed by atoms with E-state index < -0.39 is 5.25 Å². The lowest BCUT2D eigenvalue weighted by molar-refractivity contribution is -0.116. The lowest BCUT2D eigenvalue weighted by Gasteiger charge is -2.17. The van der Waals surface area contributed by atoms with Crippen LogP contribution in [0.25, 0.3) is 10.9 Å². The van der Waals surface area contributed by atoms with Crippen LogP contribution in [0.2, 0.25) is 5.02 Å². The minimum Gasteiger partial charge on any atom is -0.383 e. The molecule has 1 unspecified atom stereocenters. The van der Waals surface area contributed by atoms with Gasteiger partial charge >= 0.3 is 0 Å². The predicted molar refractivity (Wildman–Crippen MR) is 131 cm³/mol. The molecule has 4 rings (SSSR count). The molecule has 1 aliphatic rings. The molecule has 1 aromatic heterocycles. The average molecular weight is 486 g/mol. The second-order valence-electron chi connectivity index (χ2n) is 7.89. The number of hydrogen-bond donors (Lipinski definition) is 0. The Balaban J connectivity index is 1.64. The van der Waals surface area contributed by atoms with Gasteiger partial charge in [-0.25, -0.2) is 4.98 Å². The summed E-state index contributed by atoms with van der Waals surface area (Å²) in [6, 6.07) is 10.4. The van der Waals surface area contributed by atoms with E-state index in [4.69, 9.17) is 16.3 Å². The number of anilines is 1. The first-order valence-corrected chi connectivity index (χ1v) is 11.9. The van der Waals surface area contributed by atoms with Gasteiger partial charge in [0.05, 0.1) is 29.3 Å². The Morgan fingerprint density at radius 2 is 2.03 bits per heavy atom. The molecule has 0 spiro atoms. The van der Waals surface area contributed by atoms with Gasteiger partial charge in [-0.3, -0.25) is 19.0 Å². The number of aromatic nitrogens is 2. The summed E-state index contributed by atoms with van der Waals surface area (Å²) in [6.07, 6.45) is 0.723. The number of rotatable bonds is 7. The summed E-state index contributed by atoms with van der Waals surface area (Å²) in [5.41, 5.74) is 2.72. The van der Waals surface area contributed by atoms with E-state index in [0.29, 0.717) is 46.3 Å². The zero-order chi connectivity index (χ0) is 23.7. The van der Waals surface area contributed by atoms with Gasteiger partial charge in [-0.1, -0.05) is 23.4 Å². The second kappa shape index (κ2) is 9.67. The van der Waals surface area contributed by atoms with E-state index in [1.807, 2.05) is 12.1 Å². The molecular weight excluding hydrogens is 462 g/mol. The number of halogens is 1. The number of fused-ring (bicyclic) bond motifs is 2. The maximum Gasteiger partial charge on any atom is 0.262 e. The average Bonchev–Trinajstić information content (AvgIpc) is 3.21. The van der Waals surface area contributed by atoms with E-state index in [1.165, 1.54) is 11.8 Å². The van der Waals surface area contributed by atoms with Crippen LogP contribution >= 0.6 is 23.4 Å². The van der Waals surface area contributed by atoms with Gasteiger partial charge in [0.1, 0.15) is 0 Å². The molecule has 0 aliphatic carbocycles. The fourth-order valence-corrected chi connectivity index (χ4v) is 5.15. The highest BCUT2D eigenvalue weighted by atomic mass is 35.5. The fraction of sp³-hybridized carbons (Fsp3) is 0.333. The van der Waals surface area contributed by atoms with E-state index in [1.54, 1.807) is 54.7 Å². The lowest BCUT2D eigenvalue weighted by atomic mass is 10.0. The number of ether oxygens (including phenoxy) is 1. The topological polar surface area (TPSA) is 81.5 Å². The Morgan fingerprint density at radius 3 is 2.76 bits per heavy atom. The van der Waals surface area contributed by atoms with Crippen LogP contribution in [0.5, 0.6) is 0 Å². The summed E-state index contributed by atoms with van der Waals surface area (Å²) < 4.78 is 6.71. The van der Waals surface area contributed by atoms with E-state index in [0.717, 1.165) is 17.7 Å². The van der Waals surface area contributed by atoms with Gasteiger partial charge in [-0.2, -0.15) is 0 Å². The molecule has 1 atom stereocenters. The predicted octanol–water partition coefficient (Wildman–Crippen LogP) is 3.97. The summed E-state index contributed by atoms with van der Waals surface area (Å²) in [4.78, 5) is 44.5. The van der Waals surface area contributed by atoms with Crippen molar-refractivity contribution >= 4 is 51.6 Å². The molecule has 1 aliphatic heterocycles. The number of benzene rings is 2. The maximum atomic E-state index is 13.2. The minimum atomic E-state index is -0.481. The van der Waals surface area contributed by atoms with Crippen LogP contribution < -0.4 is 10.5 Å². The van der Waals surface area contributed by atoms with Gasteiger partial charge in [0.25, 0.3) is 5.56 Å². The fourth-order valence-electron chi connectivity index (χ4n) is 3.97. The maximum absolute atomic E-state index is 13.2. The molecule has 0 bridgehead atoms. The summed E-state index contributed by atoms with van der Waals surface area (Å²) in [6.45, 7) is 4.64. The van der Waals surface area contributed by atoms with Crippen molar-refractivity contribution in [3.05, 3.63) is 62.9 Å². The Labute approximate surface area is 200 Å². The van der Waals surface area contributed by atoms with Gasteiger partial charge in [0.2, 0.25) is 5.91 Å². The van der Waals surface area contributed by atoms with Gasteiger partial charge in [-0.05, 0) is 55.3 Å². The normalized spacial score (nSPS) is 13.9. The number of carbonyl (C=O) groups excluding carboxylic acids is 2. The Hall–Kier alpha value is -2.68. The summed E-state index contributed by atoms with van der Waals surface area (Å²) in [7, 11) is 1.57. The number of methoxy groups -OCH3 is 1. The molecule has 7 nitrogen and oxygen atoms in total. The molecule has 0 saturated heterocycles. The molecule has 9 heteroatoms. The van der Waals surface area contributed by atoms with E-state index in [9.17, 15) is 14.4 Å². The van der Waals surface area contributed by atoms with Crippen LogP contribution in [-0.4, -0.2) is 46.8 Å². The van der Waals surface area contributed by atoms with E-state index in [-0.39, 0.29) is 17.2 Å². The zero-order valence-corrected chi connectivity index (χ0v) is 20.2. The molecule has 3 aromatic rings. The molecular formula is C24H24ClN3O4S. The third-order valence-corrected chi connectivity index (χ3v) is 7.02. The molecule has 2 aromatic carbocycles. The minimum absolute atomic E-state index is 0.00624. The zero-order valence-electron chi connectivity index (χ0n) is 18.6. The number of amides is 1. The van der Waals surface area contributed by atoms with E-state index in [2.05, 4.69) is 4.98 Å². The summed E-state index contributed by atoms with van der Waals surface area (Å²) in [5, 5.41) is 0.914. The van der Waals surface area contributed by atoms with Crippen molar-refractivity contribution in [2.24, 2.45) is 0 Å². The van der Waals surface area contributed by atoms with Crippen LogP contribution in [0.15, 0.2) is 46.3 Å². The number of hydrogen-bond acceptors (Lipinski definition) is 6. The number of nitrogens with zero attached hydrogens (tertiary/aromatic N) is 3. The van der Waals surface area contributed by atoms with Gasteiger partial charge < -0.3 is 9.64 Å². The molecule has 0 radical (unpaired) electrons. The highest BCUT2D eigenvalue weighted by molar-refractivity contribution is 8.00. The van der Waals surface area contributed by atoms with Crippen molar-refractivity contribution in [1.29, 1.82) is 0 Å². The third-order valence-electron chi connectivity index (χ3n) is 5.69. The molecule has 33 heavy (non-hydrogen) atoms. The summed E-state index contributed by atoms with van der Waals surface area (Å²) >= 11 is 7.34. The monoisotopic (exact) mass is 485 g/mol. The highest BCUT2D eigenvalue weighted by Crippen LogP contribution is 2.31. The highest BCUT2D eigenvalue weighted by Gasteiger charge is 2.25. The van der Waals surface area contributed by atoms with Crippen LogP contribution in [0.4, 0.5) is 5.69 Å². The molecule has 1 amide bonds. The van der Waals surface area contributed by atoms with Crippen molar-refractivity contribution in [3.8, 4) is 0 Å². The number of ketones is 1. The molecule has 0 N–H and O–H groups in total. The Morgan fingerprint density at radius 1 is 1.24 bits per heavy atom. The van der Waals surface area contributed by atoms with Crippen molar-refractivity contribution in [3.63, 3.8) is 0 Å². The molecule has 172 valence electrons. The Bertz CT molecular complexity index is 1310. The Kier molecular flexibility index (Phi) is 6.88. The van der Waals surface area contributed by atoms with Crippen molar-refractivity contribution in [2.45, 2.75) is 37.2 Å². The van der Waals surface area contributed by atoms with Crippen LogP contribution in [0, 0.1) is 0 Å². The largest absolute Gasteiger partial charge is 0.383 e. The van der Waals surface area contributed by atoms with Crippen molar-refractivity contribution in [2.75, 3.05) is 25.2 Å². The van der Waals surface area contributed by atoms with Crippen LogP contribution in [-0.2, 0) is 22.5 Å². The van der Waals surface area contributed by atoms with Gasteiger partial charge in [0.15, 0.2) is 10.9 Å². The molecule has 0 saturated carbocycles. The van der Waals surface area contributed by atoms with Crippen LogP contribution in [0.3, 0.4) is 0 Å². The standard InChI is InChI=1S/C24H24ClN3O4S/c1-14(22(30)17-4-7-21-16(12-17)8-9-27(21)15(2)29)33-24-26-20-13-18(25)5-6-19(20)23(31)28(24)10-11-32-3/h4-7,12-14H,8-11H2,1-3H3. The molecule has 0 fully saturated rings. The van der Waals surface area contributed by atoms with Crippen molar-refractivity contribution in [1.82, 2.24) is 9.55 Å². The third kappa shape index (κ3) is 4.69. The number of Topliss-reactive ketones (excluding diaryl/α,β-unsaturated/α-hetero) is 1. The van der Waals surface area contributed by atoms with E-state index >= 15 is 0 Å². The van der Waals surface area contributed by atoms with Crippen molar-refractivity contribution < 1.29 is 14.3 Å². The molecule has 2 heterocycles.